The van der Waals surface area contributed by atoms with Crippen LogP contribution in [0.3, 0.4) is 0 Å². The quantitative estimate of drug-likeness (QED) is 0.703. The molecular formula is C9H16ClNO2. The molecular weight excluding hydrogens is 190 g/mol. The molecule has 1 aliphatic rings. The third-order valence-electron chi connectivity index (χ3n) is 2.20. The average Bonchev–Trinajstić information content (AvgIpc) is 2.00. The van der Waals surface area contributed by atoms with Gasteiger partial charge in [0.2, 0.25) is 5.91 Å². The molecule has 4 heteroatoms. The Balaban J connectivity index is 2.11. The summed E-state index contributed by atoms with van der Waals surface area (Å²) in [4.78, 5) is 11.1. The number of ether oxygens (including phenoxy) is 1. The SMILES string of the molecule is CCOC1CC(NC(=O)C(C)Cl)C1. The van der Waals surface area contributed by atoms with Crippen molar-refractivity contribution in [1.82, 2.24) is 5.32 Å². The van der Waals surface area contributed by atoms with Gasteiger partial charge in [0.25, 0.3) is 0 Å². The normalized spacial score (nSPS) is 29.2. The van der Waals surface area contributed by atoms with Gasteiger partial charge in [0.15, 0.2) is 0 Å². The molecule has 1 amide bonds. The zero-order valence-corrected chi connectivity index (χ0v) is 8.80. The summed E-state index contributed by atoms with van der Waals surface area (Å²) < 4.78 is 5.37. The average molecular weight is 206 g/mol. The lowest BCUT2D eigenvalue weighted by Crippen LogP contribution is -2.49. The zero-order chi connectivity index (χ0) is 9.84. The Labute approximate surface area is 83.8 Å². The molecule has 3 nitrogen and oxygen atoms in total. The summed E-state index contributed by atoms with van der Waals surface area (Å²) in [6.07, 6.45) is 2.17. The minimum absolute atomic E-state index is 0.0818. The number of hydrogen-bond donors (Lipinski definition) is 1. The standard InChI is InChI=1S/C9H16ClNO2/c1-3-13-8-4-7(5-8)11-9(12)6(2)10/h6-8H,3-5H2,1-2H3,(H,11,12). The Hall–Kier alpha value is -0.280. The molecule has 1 rings (SSSR count). The van der Waals surface area contributed by atoms with Crippen LogP contribution in [0.15, 0.2) is 0 Å². The van der Waals surface area contributed by atoms with E-state index in [0.29, 0.717) is 6.10 Å². The van der Waals surface area contributed by atoms with Gasteiger partial charge < -0.3 is 10.1 Å². The van der Waals surface area contributed by atoms with Gasteiger partial charge in [0.05, 0.1) is 6.10 Å². The number of halogens is 1. The summed E-state index contributed by atoms with van der Waals surface area (Å²) >= 11 is 5.61. The fourth-order valence-electron chi connectivity index (χ4n) is 1.37. The molecule has 1 fully saturated rings. The summed E-state index contributed by atoms with van der Waals surface area (Å²) in [7, 11) is 0. The predicted octanol–water partition coefficient (Wildman–Crippen LogP) is 1.30. The van der Waals surface area contributed by atoms with Crippen molar-refractivity contribution in [3.63, 3.8) is 0 Å². The van der Waals surface area contributed by atoms with Crippen LogP contribution in [0, 0.1) is 0 Å². The van der Waals surface area contributed by atoms with Crippen molar-refractivity contribution in [2.45, 2.75) is 44.2 Å². The van der Waals surface area contributed by atoms with E-state index in [1.807, 2.05) is 6.92 Å². The van der Waals surface area contributed by atoms with Crippen LogP contribution in [0.5, 0.6) is 0 Å². The van der Waals surface area contributed by atoms with Gasteiger partial charge in [-0.2, -0.15) is 0 Å². The predicted molar refractivity (Wildman–Crippen MR) is 51.9 cm³/mol. The first-order valence-electron chi connectivity index (χ1n) is 4.69. The summed E-state index contributed by atoms with van der Waals surface area (Å²) in [6.45, 7) is 4.40. The molecule has 0 aromatic carbocycles. The van der Waals surface area contributed by atoms with E-state index in [1.165, 1.54) is 0 Å². The number of nitrogens with one attached hydrogen (secondary N) is 1. The summed E-state index contributed by atoms with van der Waals surface area (Å²) in [6, 6.07) is 0.269. The Morgan fingerprint density at radius 1 is 1.69 bits per heavy atom. The van der Waals surface area contributed by atoms with E-state index in [1.54, 1.807) is 6.92 Å². The largest absolute Gasteiger partial charge is 0.378 e. The molecule has 0 bridgehead atoms. The topological polar surface area (TPSA) is 38.3 Å². The summed E-state index contributed by atoms with van der Waals surface area (Å²) in [5.41, 5.74) is 0. The van der Waals surface area contributed by atoms with Crippen molar-refractivity contribution in [2.24, 2.45) is 0 Å². The first kappa shape index (κ1) is 10.8. The van der Waals surface area contributed by atoms with Gasteiger partial charge in [-0.05, 0) is 26.7 Å². The van der Waals surface area contributed by atoms with Crippen LogP contribution in [0.1, 0.15) is 26.7 Å². The van der Waals surface area contributed by atoms with Crippen LogP contribution in [0.4, 0.5) is 0 Å². The second-order valence-electron chi connectivity index (χ2n) is 3.37. The Morgan fingerprint density at radius 3 is 2.77 bits per heavy atom. The van der Waals surface area contributed by atoms with Gasteiger partial charge in [-0.15, -0.1) is 11.6 Å². The lowest BCUT2D eigenvalue weighted by Gasteiger charge is -2.35. The molecule has 1 unspecified atom stereocenters. The van der Waals surface area contributed by atoms with Gasteiger partial charge in [0, 0.05) is 12.6 Å². The minimum Gasteiger partial charge on any atom is -0.378 e. The molecule has 0 heterocycles. The van der Waals surface area contributed by atoms with Crippen LogP contribution in [0.25, 0.3) is 0 Å². The van der Waals surface area contributed by atoms with E-state index in [0.717, 1.165) is 19.4 Å². The van der Waals surface area contributed by atoms with Crippen molar-refractivity contribution >= 4 is 17.5 Å². The fourth-order valence-corrected chi connectivity index (χ4v) is 1.43. The molecule has 0 radical (unpaired) electrons. The summed E-state index contributed by atoms with van der Waals surface area (Å²) in [5.74, 6) is -0.0818. The maximum atomic E-state index is 11.1. The number of carbonyl (C=O) groups is 1. The molecule has 0 saturated heterocycles. The maximum Gasteiger partial charge on any atom is 0.237 e. The van der Waals surface area contributed by atoms with Gasteiger partial charge in [0.1, 0.15) is 5.38 Å². The van der Waals surface area contributed by atoms with E-state index in [2.05, 4.69) is 5.32 Å². The summed E-state index contributed by atoms with van der Waals surface area (Å²) in [5, 5.41) is 2.41. The van der Waals surface area contributed by atoms with E-state index in [-0.39, 0.29) is 11.9 Å². The molecule has 0 aliphatic heterocycles. The van der Waals surface area contributed by atoms with Crippen molar-refractivity contribution in [1.29, 1.82) is 0 Å². The minimum atomic E-state index is -0.439. The number of hydrogen-bond acceptors (Lipinski definition) is 2. The van der Waals surface area contributed by atoms with E-state index < -0.39 is 5.38 Å². The molecule has 1 N–H and O–H groups in total. The lowest BCUT2D eigenvalue weighted by molar-refractivity contribution is -0.123. The van der Waals surface area contributed by atoms with Crippen LogP contribution >= 0.6 is 11.6 Å². The second kappa shape index (κ2) is 4.82. The fraction of sp³-hybridized carbons (Fsp3) is 0.889. The molecule has 1 atom stereocenters. The molecule has 1 aliphatic carbocycles. The molecule has 0 spiro atoms. The van der Waals surface area contributed by atoms with Crippen LogP contribution in [-0.4, -0.2) is 30.0 Å². The first-order valence-corrected chi connectivity index (χ1v) is 5.13. The molecule has 0 aromatic rings. The van der Waals surface area contributed by atoms with Crippen LogP contribution in [-0.2, 0) is 9.53 Å². The first-order chi connectivity index (χ1) is 6.13. The molecule has 1 saturated carbocycles. The maximum absolute atomic E-state index is 11.1. The molecule has 0 aromatic heterocycles. The number of rotatable bonds is 4. The smallest absolute Gasteiger partial charge is 0.237 e. The van der Waals surface area contributed by atoms with E-state index in [9.17, 15) is 4.79 Å². The van der Waals surface area contributed by atoms with Gasteiger partial charge >= 0.3 is 0 Å². The van der Waals surface area contributed by atoms with Crippen molar-refractivity contribution < 1.29 is 9.53 Å². The van der Waals surface area contributed by atoms with Gasteiger partial charge in [-0.3, -0.25) is 4.79 Å². The molecule has 13 heavy (non-hydrogen) atoms. The number of alkyl halides is 1. The highest BCUT2D eigenvalue weighted by molar-refractivity contribution is 6.30. The van der Waals surface area contributed by atoms with Crippen LogP contribution < -0.4 is 5.32 Å². The van der Waals surface area contributed by atoms with Crippen molar-refractivity contribution in [2.75, 3.05) is 6.61 Å². The van der Waals surface area contributed by atoms with E-state index >= 15 is 0 Å². The number of carbonyl (C=O) groups excluding carboxylic acids is 1. The third-order valence-corrected chi connectivity index (χ3v) is 2.40. The molecule has 76 valence electrons. The Bertz CT molecular complexity index is 178. The highest BCUT2D eigenvalue weighted by Crippen LogP contribution is 2.23. The van der Waals surface area contributed by atoms with Gasteiger partial charge in [-0.1, -0.05) is 0 Å². The second-order valence-corrected chi connectivity index (χ2v) is 4.02. The number of amides is 1. The highest BCUT2D eigenvalue weighted by Gasteiger charge is 2.31. The zero-order valence-electron chi connectivity index (χ0n) is 8.05. The lowest BCUT2D eigenvalue weighted by atomic mass is 9.89. The van der Waals surface area contributed by atoms with Crippen LogP contribution in [0.2, 0.25) is 0 Å². The third kappa shape index (κ3) is 3.16. The Kier molecular flexibility index (Phi) is 4.00. The Morgan fingerprint density at radius 2 is 2.31 bits per heavy atom. The van der Waals surface area contributed by atoms with Crippen molar-refractivity contribution in [3.8, 4) is 0 Å². The van der Waals surface area contributed by atoms with Crippen molar-refractivity contribution in [3.05, 3.63) is 0 Å². The monoisotopic (exact) mass is 205 g/mol. The van der Waals surface area contributed by atoms with Gasteiger partial charge in [-0.25, -0.2) is 0 Å². The van der Waals surface area contributed by atoms with E-state index in [4.69, 9.17) is 16.3 Å². The highest BCUT2D eigenvalue weighted by atomic mass is 35.5.